The number of rotatable bonds is 2. The maximum Gasteiger partial charge on any atom is 0.435 e. The smallest absolute Gasteiger partial charge is 0.298 e. The third-order valence-corrected chi connectivity index (χ3v) is 2.96. The Balaban J connectivity index is 2.71. The minimum absolute atomic E-state index is 0.0624. The molecule has 0 aliphatic heterocycles. The summed E-state index contributed by atoms with van der Waals surface area (Å²) in [5.74, 6) is 0. The molecule has 1 heterocycles. The highest BCUT2D eigenvalue weighted by Crippen LogP contribution is 2.34. The number of hydrogen-bond donors (Lipinski definition) is 0. The van der Waals surface area contributed by atoms with E-state index < -0.39 is 17.4 Å². The van der Waals surface area contributed by atoms with Crippen LogP contribution in [0, 0.1) is 6.92 Å². The van der Waals surface area contributed by atoms with Crippen LogP contribution in [0.3, 0.4) is 0 Å². The lowest BCUT2D eigenvalue weighted by Crippen LogP contribution is -2.09. The molecular formula is C12H8ClF3N2O. The van der Waals surface area contributed by atoms with Crippen LogP contribution in [-0.4, -0.2) is 16.1 Å². The van der Waals surface area contributed by atoms with Gasteiger partial charge >= 0.3 is 6.18 Å². The van der Waals surface area contributed by atoms with E-state index in [1.807, 2.05) is 0 Å². The van der Waals surface area contributed by atoms with Crippen molar-refractivity contribution < 1.29 is 18.0 Å². The molecule has 7 heteroatoms. The van der Waals surface area contributed by atoms with E-state index in [4.69, 9.17) is 11.6 Å². The number of aromatic nitrogens is 2. The van der Waals surface area contributed by atoms with Crippen molar-refractivity contribution in [3.05, 3.63) is 46.2 Å². The summed E-state index contributed by atoms with van der Waals surface area (Å²) in [6.07, 6.45) is -4.67. The predicted octanol–water partition coefficient (Wildman–Crippen LogP) is 3.67. The van der Waals surface area contributed by atoms with Crippen LogP contribution in [0.1, 0.15) is 21.6 Å². The van der Waals surface area contributed by atoms with E-state index >= 15 is 0 Å². The van der Waals surface area contributed by atoms with Crippen LogP contribution in [-0.2, 0) is 6.18 Å². The van der Waals surface area contributed by atoms with Crippen molar-refractivity contribution in [2.75, 3.05) is 0 Å². The van der Waals surface area contributed by atoms with Crippen molar-refractivity contribution in [3.63, 3.8) is 0 Å². The fourth-order valence-corrected chi connectivity index (χ4v) is 1.95. The molecule has 0 amide bonds. The van der Waals surface area contributed by atoms with Crippen molar-refractivity contribution in [2.45, 2.75) is 13.1 Å². The molecule has 0 aliphatic carbocycles. The Morgan fingerprint density at radius 3 is 2.42 bits per heavy atom. The lowest BCUT2D eigenvalue weighted by molar-refractivity contribution is -0.141. The van der Waals surface area contributed by atoms with Crippen molar-refractivity contribution in [3.8, 4) is 5.69 Å². The van der Waals surface area contributed by atoms with Gasteiger partial charge in [-0.25, -0.2) is 4.68 Å². The zero-order valence-electron chi connectivity index (χ0n) is 9.70. The number of carbonyl (C=O) groups is 1. The average Bonchev–Trinajstić information content (AvgIpc) is 2.67. The number of benzene rings is 1. The number of carbonyl (C=O) groups excluding carboxylic acids is 1. The van der Waals surface area contributed by atoms with Crippen molar-refractivity contribution in [1.82, 2.24) is 9.78 Å². The van der Waals surface area contributed by atoms with Gasteiger partial charge in [0.1, 0.15) is 5.15 Å². The second-order valence-electron chi connectivity index (χ2n) is 3.87. The van der Waals surface area contributed by atoms with E-state index in [0.717, 1.165) is 4.68 Å². The summed E-state index contributed by atoms with van der Waals surface area (Å²) in [4.78, 5) is 10.8. The van der Waals surface area contributed by atoms with E-state index in [0.29, 0.717) is 11.3 Å². The molecule has 1 aromatic carbocycles. The second-order valence-corrected chi connectivity index (χ2v) is 4.23. The van der Waals surface area contributed by atoms with E-state index in [1.54, 1.807) is 31.2 Å². The molecule has 0 saturated heterocycles. The van der Waals surface area contributed by atoms with E-state index in [9.17, 15) is 18.0 Å². The Bertz CT molecular complexity index is 634. The van der Waals surface area contributed by atoms with Gasteiger partial charge in [-0.15, -0.1) is 0 Å². The van der Waals surface area contributed by atoms with Crippen LogP contribution in [0.25, 0.3) is 5.69 Å². The molecule has 0 unspecified atom stereocenters. The van der Waals surface area contributed by atoms with Crippen molar-refractivity contribution >= 4 is 17.9 Å². The molecular weight excluding hydrogens is 281 g/mol. The number of hydrogen-bond acceptors (Lipinski definition) is 2. The van der Waals surface area contributed by atoms with Crippen LogP contribution in [0.5, 0.6) is 0 Å². The van der Waals surface area contributed by atoms with Gasteiger partial charge in [-0.2, -0.15) is 18.3 Å². The lowest BCUT2D eigenvalue weighted by atomic mass is 10.2. The maximum absolute atomic E-state index is 12.8. The fourth-order valence-electron chi connectivity index (χ4n) is 1.68. The van der Waals surface area contributed by atoms with Gasteiger partial charge in [0.05, 0.1) is 11.3 Å². The Kier molecular flexibility index (Phi) is 3.36. The first kappa shape index (κ1) is 13.6. The van der Waals surface area contributed by atoms with Gasteiger partial charge in [0.25, 0.3) is 0 Å². The molecule has 2 rings (SSSR count). The average molecular weight is 289 g/mol. The van der Waals surface area contributed by atoms with Gasteiger partial charge in [-0.05, 0) is 18.6 Å². The van der Waals surface area contributed by atoms with Gasteiger partial charge < -0.3 is 0 Å². The number of aldehydes is 1. The van der Waals surface area contributed by atoms with Crippen LogP contribution < -0.4 is 0 Å². The van der Waals surface area contributed by atoms with Crippen LogP contribution in [0.2, 0.25) is 5.15 Å². The molecule has 1 aromatic heterocycles. The van der Waals surface area contributed by atoms with Crippen LogP contribution in [0.15, 0.2) is 24.3 Å². The second kappa shape index (κ2) is 4.70. The standard InChI is InChI=1S/C12H8ClF3N2O/c1-7-4-2-3-5-9(7)18-11(13)8(6-19)10(17-18)12(14,15)16/h2-6H,1H3. The summed E-state index contributed by atoms with van der Waals surface area (Å²) >= 11 is 5.81. The Morgan fingerprint density at radius 1 is 1.32 bits per heavy atom. The largest absolute Gasteiger partial charge is 0.435 e. The highest BCUT2D eigenvalue weighted by atomic mass is 35.5. The number of aryl methyl sites for hydroxylation is 1. The lowest BCUT2D eigenvalue weighted by Gasteiger charge is -2.06. The van der Waals surface area contributed by atoms with Crippen molar-refractivity contribution in [1.29, 1.82) is 0 Å². The summed E-state index contributed by atoms with van der Waals surface area (Å²) in [5.41, 5.74) is -0.850. The molecule has 100 valence electrons. The summed E-state index contributed by atoms with van der Waals surface area (Å²) in [7, 11) is 0. The number of halogens is 4. The van der Waals surface area contributed by atoms with E-state index in [2.05, 4.69) is 5.10 Å². The minimum Gasteiger partial charge on any atom is -0.298 e. The Hall–Kier alpha value is -1.82. The summed E-state index contributed by atoms with van der Waals surface area (Å²) < 4.78 is 39.2. The van der Waals surface area contributed by atoms with Gasteiger partial charge in [0, 0.05) is 0 Å². The van der Waals surface area contributed by atoms with Crippen molar-refractivity contribution in [2.24, 2.45) is 0 Å². The number of nitrogens with zero attached hydrogens (tertiary/aromatic N) is 2. The Labute approximate surface area is 111 Å². The predicted molar refractivity (Wildman–Crippen MR) is 63.7 cm³/mol. The molecule has 0 aliphatic rings. The first-order valence-corrected chi connectivity index (χ1v) is 5.61. The quantitative estimate of drug-likeness (QED) is 0.790. The molecule has 0 fully saturated rings. The Morgan fingerprint density at radius 2 is 1.95 bits per heavy atom. The first-order valence-electron chi connectivity index (χ1n) is 5.23. The topological polar surface area (TPSA) is 34.9 Å². The zero-order chi connectivity index (χ0) is 14.2. The number of para-hydroxylation sites is 1. The fraction of sp³-hybridized carbons (Fsp3) is 0.167. The number of alkyl halides is 3. The van der Waals surface area contributed by atoms with E-state index in [1.165, 1.54) is 0 Å². The molecule has 0 radical (unpaired) electrons. The molecule has 0 saturated carbocycles. The normalized spacial score (nSPS) is 11.6. The SMILES string of the molecule is Cc1ccccc1-n1nc(C(F)(F)F)c(C=O)c1Cl. The van der Waals surface area contributed by atoms with Gasteiger partial charge in [0.15, 0.2) is 12.0 Å². The molecule has 0 spiro atoms. The zero-order valence-corrected chi connectivity index (χ0v) is 10.5. The van der Waals surface area contributed by atoms with Crippen LogP contribution >= 0.6 is 11.6 Å². The molecule has 0 atom stereocenters. The molecule has 2 aromatic rings. The monoisotopic (exact) mass is 288 g/mol. The molecule has 3 nitrogen and oxygen atoms in total. The maximum atomic E-state index is 12.8. The van der Waals surface area contributed by atoms with Crippen LogP contribution in [0.4, 0.5) is 13.2 Å². The summed E-state index contributed by atoms with van der Waals surface area (Å²) in [6, 6.07) is 6.67. The molecule has 19 heavy (non-hydrogen) atoms. The molecule has 0 bridgehead atoms. The first-order chi connectivity index (χ1) is 8.86. The summed E-state index contributed by atoms with van der Waals surface area (Å²) in [5, 5.41) is 3.06. The third kappa shape index (κ3) is 2.35. The van der Waals surface area contributed by atoms with E-state index in [-0.39, 0.29) is 11.4 Å². The van der Waals surface area contributed by atoms with Gasteiger partial charge in [-0.1, -0.05) is 29.8 Å². The summed E-state index contributed by atoms with van der Waals surface area (Å²) in [6.45, 7) is 1.71. The van der Waals surface area contributed by atoms with Gasteiger partial charge in [0.2, 0.25) is 0 Å². The highest BCUT2D eigenvalue weighted by Gasteiger charge is 2.39. The highest BCUT2D eigenvalue weighted by molar-refractivity contribution is 6.32. The minimum atomic E-state index is -4.73. The van der Waals surface area contributed by atoms with Gasteiger partial charge in [-0.3, -0.25) is 4.79 Å². The molecule has 0 N–H and O–H groups in total. The third-order valence-electron chi connectivity index (χ3n) is 2.59.